The van der Waals surface area contributed by atoms with Gasteiger partial charge in [-0.15, -0.1) is 0 Å². The van der Waals surface area contributed by atoms with E-state index in [2.05, 4.69) is 5.32 Å². The molecule has 0 aliphatic rings. The molecule has 5 nitrogen and oxygen atoms in total. The van der Waals surface area contributed by atoms with Crippen molar-refractivity contribution in [2.45, 2.75) is 32.9 Å². The molecule has 0 saturated heterocycles. The van der Waals surface area contributed by atoms with Crippen molar-refractivity contribution in [2.24, 2.45) is 0 Å². The van der Waals surface area contributed by atoms with Gasteiger partial charge in [0.15, 0.2) is 0 Å². The quantitative estimate of drug-likeness (QED) is 0.727. The van der Waals surface area contributed by atoms with E-state index in [0.717, 1.165) is 6.07 Å². The van der Waals surface area contributed by atoms with Gasteiger partial charge in [-0.25, -0.2) is 14.7 Å². The number of hydrogen-bond acceptors (Lipinski definition) is 4. The molecule has 0 unspecified atom stereocenters. The van der Waals surface area contributed by atoms with Crippen LogP contribution in [0.25, 0.3) is 0 Å². The van der Waals surface area contributed by atoms with Gasteiger partial charge in [0.2, 0.25) is 0 Å². The van der Waals surface area contributed by atoms with Crippen LogP contribution in [0, 0.1) is 5.82 Å². The summed E-state index contributed by atoms with van der Waals surface area (Å²) in [6.07, 6.45) is -0.644. The van der Waals surface area contributed by atoms with E-state index in [0.29, 0.717) is 11.3 Å². The minimum absolute atomic E-state index is 0.00144. The molecule has 0 heterocycles. The molecule has 0 saturated carbocycles. The first kappa shape index (κ1) is 14.4. The Hall–Kier alpha value is -1.66. The Kier molecular flexibility index (Phi) is 4.63. The van der Waals surface area contributed by atoms with Gasteiger partial charge in [-0.3, -0.25) is 5.32 Å². The smallest absolute Gasteiger partial charge is 0.412 e. The summed E-state index contributed by atoms with van der Waals surface area (Å²) < 4.78 is 18.5. The predicted molar refractivity (Wildman–Crippen MR) is 64.9 cm³/mol. The third-order valence-electron chi connectivity index (χ3n) is 1.97. The summed E-state index contributed by atoms with van der Waals surface area (Å²) in [4.78, 5) is 11.4. The number of ether oxygens (including phenoxy) is 1. The number of anilines is 1. The van der Waals surface area contributed by atoms with E-state index >= 15 is 0 Å². The van der Waals surface area contributed by atoms with Crippen LogP contribution in [0.15, 0.2) is 18.2 Å². The minimum Gasteiger partial charge on any atom is -0.444 e. The highest BCUT2D eigenvalue weighted by Gasteiger charge is 2.16. The van der Waals surface area contributed by atoms with Crippen molar-refractivity contribution >= 4 is 11.8 Å². The predicted octanol–water partition coefficient (Wildman–Crippen LogP) is 2.65. The van der Waals surface area contributed by atoms with Crippen molar-refractivity contribution in [1.29, 1.82) is 0 Å². The van der Waals surface area contributed by atoms with E-state index < -0.39 is 17.5 Å². The molecule has 18 heavy (non-hydrogen) atoms. The molecule has 0 fully saturated rings. The number of nitrogens with one attached hydrogen (secondary N) is 2. The van der Waals surface area contributed by atoms with E-state index in [4.69, 9.17) is 9.94 Å². The van der Waals surface area contributed by atoms with E-state index in [1.54, 1.807) is 20.8 Å². The van der Waals surface area contributed by atoms with Crippen molar-refractivity contribution in [3.8, 4) is 0 Å². The van der Waals surface area contributed by atoms with Gasteiger partial charge in [-0.1, -0.05) is 6.07 Å². The van der Waals surface area contributed by atoms with Gasteiger partial charge in [-0.05, 0) is 32.9 Å². The van der Waals surface area contributed by atoms with Gasteiger partial charge < -0.3 is 9.94 Å². The van der Waals surface area contributed by atoms with Gasteiger partial charge in [-0.2, -0.15) is 0 Å². The van der Waals surface area contributed by atoms with Gasteiger partial charge in [0.1, 0.15) is 11.4 Å². The van der Waals surface area contributed by atoms with Crippen LogP contribution < -0.4 is 10.8 Å². The lowest BCUT2D eigenvalue weighted by Gasteiger charge is -2.19. The third-order valence-corrected chi connectivity index (χ3v) is 1.97. The van der Waals surface area contributed by atoms with Crippen LogP contribution in [0.5, 0.6) is 0 Å². The molecule has 0 bridgehead atoms. The molecule has 0 aromatic heterocycles. The second-order valence-corrected chi connectivity index (χ2v) is 4.77. The summed E-state index contributed by atoms with van der Waals surface area (Å²) in [6, 6.07) is 4.15. The second-order valence-electron chi connectivity index (χ2n) is 4.77. The molecular formula is C12H17FN2O3. The number of benzene rings is 1. The van der Waals surface area contributed by atoms with Gasteiger partial charge in [0.05, 0.1) is 0 Å². The first-order valence-corrected chi connectivity index (χ1v) is 5.47. The van der Waals surface area contributed by atoms with Crippen LogP contribution in [0.1, 0.15) is 26.3 Å². The van der Waals surface area contributed by atoms with Crippen LogP contribution in [-0.4, -0.2) is 16.9 Å². The zero-order valence-electron chi connectivity index (χ0n) is 10.6. The molecule has 0 aliphatic heterocycles. The maximum atomic E-state index is 13.5. The molecule has 1 rings (SSSR count). The molecule has 0 atom stereocenters. The normalized spacial score (nSPS) is 11.2. The Balaban J connectivity index is 2.69. The standard InChI is InChI=1S/C12H17FN2O3/c1-12(2,3)18-11(16)15-9-5-4-8(7-14-17)10(13)6-9/h4-6,14,17H,7H2,1-3H3,(H,15,16). The van der Waals surface area contributed by atoms with Crippen molar-refractivity contribution in [3.05, 3.63) is 29.6 Å². The minimum atomic E-state index is -0.644. The van der Waals surface area contributed by atoms with Crippen molar-refractivity contribution in [3.63, 3.8) is 0 Å². The van der Waals surface area contributed by atoms with Crippen LogP contribution in [0.2, 0.25) is 0 Å². The highest BCUT2D eigenvalue weighted by atomic mass is 19.1. The highest BCUT2D eigenvalue weighted by Crippen LogP contribution is 2.16. The Morgan fingerprint density at radius 2 is 2.11 bits per heavy atom. The molecule has 3 N–H and O–H groups in total. The van der Waals surface area contributed by atoms with Gasteiger partial charge in [0.25, 0.3) is 0 Å². The van der Waals surface area contributed by atoms with E-state index in [1.165, 1.54) is 12.1 Å². The topological polar surface area (TPSA) is 70.6 Å². The Morgan fingerprint density at radius 3 is 2.61 bits per heavy atom. The fraction of sp³-hybridized carbons (Fsp3) is 0.417. The summed E-state index contributed by atoms with van der Waals surface area (Å²) in [5, 5.41) is 10.9. The average Bonchev–Trinajstić information content (AvgIpc) is 2.19. The molecule has 0 aliphatic carbocycles. The van der Waals surface area contributed by atoms with Crippen LogP contribution in [0.3, 0.4) is 0 Å². The highest BCUT2D eigenvalue weighted by molar-refractivity contribution is 5.84. The summed E-state index contributed by atoms with van der Waals surface area (Å²) in [6.45, 7) is 5.22. The molecule has 1 aromatic rings. The molecule has 0 spiro atoms. The monoisotopic (exact) mass is 256 g/mol. The molecule has 100 valence electrons. The van der Waals surface area contributed by atoms with Gasteiger partial charge >= 0.3 is 6.09 Å². The first-order valence-electron chi connectivity index (χ1n) is 5.47. The first-order chi connectivity index (χ1) is 8.31. The second kappa shape index (κ2) is 5.79. The van der Waals surface area contributed by atoms with E-state index in [1.807, 2.05) is 5.48 Å². The fourth-order valence-corrected chi connectivity index (χ4v) is 1.28. The molecular weight excluding hydrogens is 239 g/mol. The Bertz CT molecular complexity index is 430. The fourth-order valence-electron chi connectivity index (χ4n) is 1.28. The SMILES string of the molecule is CC(C)(C)OC(=O)Nc1ccc(CNO)c(F)c1. The van der Waals surface area contributed by atoms with E-state index in [-0.39, 0.29) is 6.54 Å². The molecule has 1 aromatic carbocycles. The number of rotatable bonds is 3. The molecule has 6 heteroatoms. The van der Waals surface area contributed by atoms with Crippen molar-refractivity contribution in [2.75, 3.05) is 5.32 Å². The number of hydroxylamine groups is 1. The Labute approximate surface area is 105 Å². The lowest BCUT2D eigenvalue weighted by atomic mass is 10.2. The summed E-state index contributed by atoms with van der Waals surface area (Å²) in [5.74, 6) is -0.523. The Morgan fingerprint density at radius 1 is 1.44 bits per heavy atom. The number of hydrogen-bond donors (Lipinski definition) is 3. The lowest BCUT2D eigenvalue weighted by molar-refractivity contribution is 0.0636. The third kappa shape index (κ3) is 4.68. The van der Waals surface area contributed by atoms with Crippen LogP contribution in [0.4, 0.5) is 14.9 Å². The maximum Gasteiger partial charge on any atom is 0.412 e. The number of halogens is 1. The number of amides is 1. The van der Waals surface area contributed by atoms with Crippen LogP contribution >= 0.6 is 0 Å². The summed E-state index contributed by atoms with van der Waals surface area (Å²) >= 11 is 0. The zero-order valence-corrected chi connectivity index (χ0v) is 10.6. The largest absolute Gasteiger partial charge is 0.444 e. The maximum absolute atomic E-state index is 13.5. The van der Waals surface area contributed by atoms with E-state index in [9.17, 15) is 9.18 Å². The number of carbonyl (C=O) groups excluding carboxylic acids is 1. The van der Waals surface area contributed by atoms with Crippen molar-refractivity contribution < 1.29 is 19.1 Å². The van der Waals surface area contributed by atoms with Gasteiger partial charge in [0, 0.05) is 17.8 Å². The number of carbonyl (C=O) groups is 1. The summed E-state index contributed by atoms with van der Waals surface area (Å²) in [7, 11) is 0. The van der Waals surface area contributed by atoms with Crippen molar-refractivity contribution in [1.82, 2.24) is 5.48 Å². The molecule has 1 amide bonds. The van der Waals surface area contributed by atoms with Crippen LogP contribution in [-0.2, 0) is 11.3 Å². The summed E-state index contributed by atoms with van der Waals surface area (Å²) in [5.41, 5.74) is 1.85. The lowest BCUT2D eigenvalue weighted by Crippen LogP contribution is -2.27. The molecule has 0 radical (unpaired) electrons. The zero-order chi connectivity index (χ0) is 13.8. The average molecular weight is 256 g/mol.